The van der Waals surface area contributed by atoms with Crippen molar-refractivity contribution in [3.63, 3.8) is 0 Å². The number of hydrogen-bond acceptors (Lipinski definition) is 6. The van der Waals surface area contributed by atoms with E-state index in [1.54, 1.807) is 21.0 Å². The summed E-state index contributed by atoms with van der Waals surface area (Å²) in [7, 11) is 3.27. The molecule has 9 heteroatoms. The third-order valence-corrected chi connectivity index (χ3v) is 4.84. The summed E-state index contributed by atoms with van der Waals surface area (Å²) in [6, 6.07) is 0. The van der Waals surface area contributed by atoms with Gasteiger partial charge in [-0.3, -0.25) is 19.8 Å². The molecule has 0 saturated heterocycles. The summed E-state index contributed by atoms with van der Waals surface area (Å²) in [5.41, 5.74) is 4.21. The van der Waals surface area contributed by atoms with Gasteiger partial charge in [0.1, 0.15) is 6.29 Å². The predicted octanol–water partition coefficient (Wildman–Crippen LogP) is 1.17. The zero-order valence-electron chi connectivity index (χ0n) is 19.6. The van der Waals surface area contributed by atoms with E-state index in [0.717, 1.165) is 6.29 Å². The number of carbonyl (C=O) groups is 4. The molecule has 0 saturated carbocycles. The highest BCUT2D eigenvalue weighted by Crippen LogP contribution is 2.19. The van der Waals surface area contributed by atoms with E-state index in [0.29, 0.717) is 32.4 Å². The van der Waals surface area contributed by atoms with Gasteiger partial charge in [-0.2, -0.15) is 0 Å². The van der Waals surface area contributed by atoms with Crippen molar-refractivity contribution in [1.29, 1.82) is 0 Å². The molecule has 1 unspecified atom stereocenters. The molecular formula is C21H40N4O5. The number of carbonyl (C=O) groups excluding carboxylic acids is 4. The Labute approximate surface area is 180 Å². The standard InChI is InChI=1S/C21H40N4O5/c1-16(10-14-26)19(29)25(7)13-9-17(27)23-20(2,3)12-15-30-21(4,5)11-8-18(28)24-22-6/h14,16,22H,8-13,15H2,1-7H3,(H,23,27)(H,24,28). The van der Waals surface area contributed by atoms with Crippen molar-refractivity contribution in [1.82, 2.24) is 21.1 Å². The van der Waals surface area contributed by atoms with Crippen molar-refractivity contribution in [2.24, 2.45) is 5.92 Å². The van der Waals surface area contributed by atoms with Crippen molar-refractivity contribution < 1.29 is 23.9 Å². The van der Waals surface area contributed by atoms with Gasteiger partial charge in [0, 0.05) is 58.0 Å². The average molecular weight is 429 g/mol. The smallest absolute Gasteiger partial charge is 0.234 e. The third kappa shape index (κ3) is 12.5. The number of hydrogen-bond donors (Lipinski definition) is 3. The minimum atomic E-state index is -0.468. The summed E-state index contributed by atoms with van der Waals surface area (Å²) in [5.74, 6) is -0.763. The lowest BCUT2D eigenvalue weighted by Crippen LogP contribution is -2.46. The van der Waals surface area contributed by atoms with Crippen LogP contribution in [-0.4, -0.2) is 67.3 Å². The van der Waals surface area contributed by atoms with Gasteiger partial charge in [-0.25, -0.2) is 5.43 Å². The van der Waals surface area contributed by atoms with Gasteiger partial charge in [0.15, 0.2) is 0 Å². The van der Waals surface area contributed by atoms with Gasteiger partial charge in [-0.05, 0) is 40.5 Å². The molecular weight excluding hydrogens is 388 g/mol. The monoisotopic (exact) mass is 428 g/mol. The van der Waals surface area contributed by atoms with Crippen LogP contribution in [0.25, 0.3) is 0 Å². The first-order valence-corrected chi connectivity index (χ1v) is 10.4. The van der Waals surface area contributed by atoms with Gasteiger partial charge in [0.2, 0.25) is 17.7 Å². The Morgan fingerprint density at radius 1 is 1.07 bits per heavy atom. The van der Waals surface area contributed by atoms with Crippen molar-refractivity contribution in [2.75, 3.05) is 27.2 Å². The van der Waals surface area contributed by atoms with Gasteiger partial charge in [0.25, 0.3) is 0 Å². The highest BCUT2D eigenvalue weighted by Gasteiger charge is 2.25. The van der Waals surface area contributed by atoms with Crippen LogP contribution in [0.1, 0.15) is 66.7 Å². The van der Waals surface area contributed by atoms with E-state index in [1.807, 2.05) is 27.7 Å². The summed E-state index contributed by atoms with van der Waals surface area (Å²) in [5, 5.41) is 2.97. The molecule has 9 nitrogen and oxygen atoms in total. The molecule has 0 aromatic rings. The predicted molar refractivity (Wildman–Crippen MR) is 115 cm³/mol. The topological polar surface area (TPSA) is 117 Å². The molecule has 1 atom stereocenters. The Morgan fingerprint density at radius 3 is 2.27 bits per heavy atom. The first-order valence-electron chi connectivity index (χ1n) is 10.4. The van der Waals surface area contributed by atoms with Gasteiger partial charge < -0.3 is 19.7 Å². The van der Waals surface area contributed by atoms with E-state index in [2.05, 4.69) is 16.2 Å². The first kappa shape index (κ1) is 28.0. The Balaban J connectivity index is 4.31. The fourth-order valence-electron chi connectivity index (χ4n) is 2.77. The van der Waals surface area contributed by atoms with E-state index >= 15 is 0 Å². The summed E-state index contributed by atoms with van der Waals surface area (Å²) in [6.45, 7) is 10.1. The Bertz CT molecular complexity index is 578. The summed E-state index contributed by atoms with van der Waals surface area (Å²) in [6.07, 6.45) is 2.63. The first-order chi connectivity index (χ1) is 13.8. The van der Waals surface area contributed by atoms with E-state index in [1.165, 1.54) is 4.90 Å². The number of hydrazine groups is 1. The zero-order valence-corrected chi connectivity index (χ0v) is 19.6. The zero-order chi connectivity index (χ0) is 23.4. The molecule has 0 heterocycles. The normalized spacial score (nSPS) is 12.8. The van der Waals surface area contributed by atoms with Gasteiger partial charge in [-0.15, -0.1) is 0 Å². The second kappa shape index (κ2) is 13.3. The van der Waals surface area contributed by atoms with Crippen molar-refractivity contribution in [3.05, 3.63) is 0 Å². The van der Waals surface area contributed by atoms with Gasteiger partial charge in [-0.1, -0.05) is 6.92 Å². The summed E-state index contributed by atoms with van der Waals surface area (Å²) < 4.78 is 5.92. The molecule has 0 aromatic carbocycles. The van der Waals surface area contributed by atoms with E-state index in [4.69, 9.17) is 4.74 Å². The maximum absolute atomic E-state index is 12.3. The lowest BCUT2D eigenvalue weighted by atomic mass is 9.99. The number of nitrogens with one attached hydrogen (secondary N) is 3. The van der Waals surface area contributed by atoms with Crippen LogP contribution in [0.3, 0.4) is 0 Å². The fraction of sp³-hybridized carbons (Fsp3) is 0.810. The molecule has 3 N–H and O–H groups in total. The second-order valence-corrected chi connectivity index (χ2v) is 8.90. The molecule has 0 aliphatic carbocycles. The highest BCUT2D eigenvalue weighted by atomic mass is 16.5. The molecule has 0 aromatic heterocycles. The van der Waals surface area contributed by atoms with Crippen LogP contribution < -0.4 is 16.2 Å². The minimum absolute atomic E-state index is 0.0919. The fourth-order valence-corrected chi connectivity index (χ4v) is 2.77. The molecule has 0 aliphatic heterocycles. The van der Waals surface area contributed by atoms with Gasteiger partial charge >= 0.3 is 0 Å². The molecule has 0 aliphatic rings. The largest absolute Gasteiger partial charge is 0.375 e. The summed E-state index contributed by atoms with van der Waals surface area (Å²) in [4.78, 5) is 47.9. The van der Waals surface area contributed by atoms with Crippen LogP contribution in [0.2, 0.25) is 0 Å². The quantitative estimate of drug-likeness (QED) is 0.266. The lowest BCUT2D eigenvalue weighted by Gasteiger charge is -2.30. The Morgan fingerprint density at radius 2 is 1.70 bits per heavy atom. The molecule has 30 heavy (non-hydrogen) atoms. The number of nitrogens with zero attached hydrogens (tertiary/aromatic N) is 1. The Hall–Kier alpha value is -2.00. The minimum Gasteiger partial charge on any atom is -0.375 e. The maximum Gasteiger partial charge on any atom is 0.234 e. The molecule has 0 fully saturated rings. The summed E-state index contributed by atoms with van der Waals surface area (Å²) >= 11 is 0. The number of rotatable bonds is 15. The van der Waals surface area contributed by atoms with Crippen LogP contribution in [0.15, 0.2) is 0 Å². The van der Waals surface area contributed by atoms with Crippen molar-refractivity contribution >= 4 is 24.0 Å². The van der Waals surface area contributed by atoms with Crippen molar-refractivity contribution in [2.45, 2.75) is 77.9 Å². The SMILES string of the molecule is CNNC(=O)CCC(C)(C)OCCC(C)(C)NC(=O)CCN(C)C(=O)C(C)CC=O. The molecule has 0 rings (SSSR count). The number of ether oxygens (including phenoxy) is 1. The average Bonchev–Trinajstić information content (AvgIpc) is 2.63. The van der Waals surface area contributed by atoms with Crippen LogP contribution >= 0.6 is 0 Å². The number of amides is 3. The lowest BCUT2D eigenvalue weighted by molar-refractivity contribution is -0.135. The maximum atomic E-state index is 12.3. The van der Waals surface area contributed by atoms with Crippen LogP contribution in [0, 0.1) is 5.92 Å². The van der Waals surface area contributed by atoms with E-state index in [9.17, 15) is 19.2 Å². The van der Waals surface area contributed by atoms with Crippen LogP contribution in [-0.2, 0) is 23.9 Å². The highest BCUT2D eigenvalue weighted by molar-refractivity contribution is 5.82. The van der Waals surface area contributed by atoms with Gasteiger partial charge in [0.05, 0.1) is 5.60 Å². The van der Waals surface area contributed by atoms with E-state index in [-0.39, 0.29) is 36.5 Å². The molecule has 0 spiro atoms. The number of aldehydes is 1. The Kier molecular flexibility index (Phi) is 12.4. The van der Waals surface area contributed by atoms with E-state index < -0.39 is 11.1 Å². The van der Waals surface area contributed by atoms with Crippen LogP contribution in [0.4, 0.5) is 0 Å². The molecule has 3 amide bonds. The second-order valence-electron chi connectivity index (χ2n) is 8.90. The molecule has 174 valence electrons. The van der Waals surface area contributed by atoms with Crippen molar-refractivity contribution in [3.8, 4) is 0 Å². The molecule has 0 radical (unpaired) electrons. The van der Waals surface area contributed by atoms with Crippen LogP contribution in [0.5, 0.6) is 0 Å². The third-order valence-electron chi connectivity index (χ3n) is 4.84. The molecule has 0 bridgehead atoms.